The highest BCUT2D eigenvalue weighted by molar-refractivity contribution is 9.10. The number of aliphatic hydroxyl groups is 1. The van der Waals surface area contributed by atoms with Gasteiger partial charge in [-0.15, -0.1) is 0 Å². The summed E-state index contributed by atoms with van der Waals surface area (Å²) >= 11 is 3.20. The summed E-state index contributed by atoms with van der Waals surface area (Å²) in [5.41, 5.74) is -1.56. The van der Waals surface area contributed by atoms with Crippen molar-refractivity contribution in [2.24, 2.45) is 0 Å². The molecule has 3 nitrogen and oxygen atoms in total. The van der Waals surface area contributed by atoms with E-state index in [0.29, 0.717) is 14.9 Å². The van der Waals surface area contributed by atoms with E-state index >= 15 is 0 Å². The number of nitrogens with zero attached hydrogens (tertiary/aromatic N) is 1. The fourth-order valence-electron chi connectivity index (χ4n) is 2.15. The molecule has 104 valence electrons. The van der Waals surface area contributed by atoms with Crippen molar-refractivity contribution in [2.75, 3.05) is 13.1 Å². The van der Waals surface area contributed by atoms with E-state index in [1.807, 2.05) is 0 Å². The van der Waals surface area contributed by atoms with Gasteiger partial charge in [0, 0.05) is 17.4 Å². The van der Waals surface area contributed by atoms with Gasteiger partial charge >= 0.3 is 6.18 Å². The summed E-state index contributed by atoms with van der Waals surface area (Å²) in [5, 5.41) is 10.3. The third-order valence-corrected chi connectivity index (χ3v) is 3.55. The lowest BCUT2D eigenvalue weighted by Gasteiger charge is -2.23. The molecule has 2 rings (SSSR count). The minimum absolute atomic E-state index is 0.0433. The monoisotopic (exact) mass is 337 g/mol. The highest BCUT2D eigenvalue weighted by Crippen LogP contribution is 2.35. The standard InChI is InChI=1S/C12H11BrF3NO2/c13-9-3-1-2-8(6-9)11(19)4-5-17(10(11)18)7-12(14,15)16/h1-3,6,19H,4-5,7H2/t11-/m0/s1. The van der Waals surface area contributed by atoms with E-state index in [4.69, 9.17) is 0 Å². The SMILES string of the molecule is O=C1N(CC(F)(F)F)CC[C@]1(O)c1cccc(Br)c1. The molecule has 1 N–H and O–H groups in total. The van der Waals surface area contributed by atoms with Crippen molar-refractivity contribution in [3.63, 3.8) is 0 Å². The zero-order valence-corrected chi connectivity index (χ0v) is 11.3. The smallest absolute Gasteiger partial charge is 0.375 e. The summed E-state index contributed by atoms with van der Waals surface area (Å²) in [4.78, 5) is 12.6. The number of halogens is 4. The molecule has 0 aromatic heterocycles. The summed E-state index contributed by atoms with van der Waals surface area (Å²) in [6, 6.07) is 6.39. The lowest BCUT2D eigenvalue weighted by molar-refractivity contribution is -0.164. The largest absolute Gasteiger partial charge is 0.406 e. The molecule has 1 aliphatic heterocycles. The first kappa shape index (κ1) is 14.3. The molecule has 1 aromatic rings. The Bertz CT molecular complexity index is 506. The molecular weight excluding hydrogens is 327 g/mol. The van der Waals surface area contributed by atoms with Gasteiger partial charge in [0.25, 0.3) is 5.91 Å². The predicted molar refractivity (Wildman–Crippen MR) is 65.3 cm³/mol. The molecule has 0 saturated carbocycles. The van der Waals surface area contributed by atoms with Crippen LogP contribution in [-0.4, -0.2) is 35.2 Å². The molecule has 1 aromatic carbocycles. The van der Waals surface area contributed by atoms with Gasteiger partial charge in [-0.05, 0) is 17.7 Å². The van der Waals surface area contributed by atoms with E-state index in [9.17, 15) is 23.1 Å². The van der Waals surface area contributed by atoms with Crippen LogP contribution in [0.5, 0.6) is 0 Å². The maximum absolute atomic E-state index is 12.3. The first-order valence-electron chi connectivity index (χ1n) is 5.57. The minimum atomic E-state index is -4.46. The Morgan fingerprint density at radius 2 is 2.11 bits per heavy atom. The number of amides is 1. The maximum Gasteiger partial charge on any atom is 0.406 e. The van der Waals surface area contributed by atoms with Gasteiger partial charge in [-0.3, -0.25) is 4.79 Å². The van der Waals surface area contributed by atoms with Crippen LogP contribution in [0.3, 0.4) is 0 Å². The molecule has 7 heteroatoms. The zero-order chi connectivity index (χ0) is 14.3. The van der Waals surface area contributed by atoms with Gasteiger partial charge < -0.3 is 10.0 Å². The third-order valence-electron chi connectivity index (χ3n) is 3.06. The van der Waals surface area contributed by atoms with Gasteiger partial charge in [-0.1, -0.05) is 28.1 Å². The van der Waals surface area contributed by atoms with Crippen LogP contribution in [0, 0.1) is 0 Å². The molecule has 0 radical (unpaired) electrons. The number of hydrogen-bond acceptors (Lipinski definition) is 2. The molecule has 0 spiro atoms. The lowest BCUT2D eigenvalue weighted by atomic mass is 9.92. The Hall–Kier alpha value is -1.08. The Morgan fingerprint density at radius 3 is 2.68 bits per heavy atom. The Kier molecular flexibility index (Phi) is 3.61. The number of likely N-dealkylation sites (tertiary alicyclic amines) is 1. The Morgan fingerprint density at radius 1 is 1.42 bits per heavy atom. The number of benzene rings is 1. The number of carbonyl (C=O) groups is 1. The van der Waals surface area contributed by atoms with E-state index in [-0.39, 0.29) is 13.0 Å². The molecule has 0 unspecified atom stereocenters. The van der Waals surface area contributed by atoms with Crippen LogP contribution in [0.4, 0.5) is 13.2 Å². The van der Waals surface area contributed by atoms with Crippen molar-refractivity contribution in [1.29, 1.82) is 0 Å². The number of alkyl halides is 3. The van der Waals surface area contributed by atoms with Crippen LogP contribution in [0.15, 0.2) is 28.7 Å². The molecule has 0 bridgehead atoms. The van der Waals surface area contributed by atoms with Crippen LogP contribution in [0.1, 0.15) is 12.0 Å². The average Bonchev–Trinajstić information content (AvgIpc) is 2.57. The van der Waals surface area contributed by atoms with Gasteiger partial charge in [0.15, 0.2) is 5.60 Å². The highest BCUT2D eigenvalue weighted by atomic mass is 79.9. The first-order valence-corrected chi connectivity index (χ1v) is 6.36. The van der Waals surface area contributed by atoms with Crippen LogP contribution < -0.4 is 0 Å². The first-order chi connectivity index (χ1) is 8.72. The van der Waals surface area contributed by atoms with Gasteiger partial charge in [0.05, 0.1) is 0 Å². The summed E-state index contributed by atoms with van der Waals surface area (Å²) in [5.74, 6) is -0.900. The fourth-order valence-corrected chi connectivity index (χ4v) is 2.55. The summed E-state index contributed by atoms with van der Waals surface area (Å²) < 4.78 is 37.6. The summed E-state index contributed by atoms with van der Waals surface area (Å²) in [6.45, 7) is -1.44. The average molecular weight is 338 g/mol. The minimum Gasteiger partial charge on any atom is -0.375 e. The zero-order valence-electron chi connectivity index (χ0n) is 9.75. The topological polar surface area (TPSA) is 40.5 Å². The molecular formula is C12H11BrF3NO2. The van der Waals surface area contributed by atoms with E-state index in [0.717, 1.165) is 0 Å². The molecule has 1 heterocycles. The molecule has 1 amide bonds. The highest BCUT2D eigenvalue weighted by Gasteiger charge is 2.49. The van der Waals surface area contributed by atoms with Crippen LogP contribution >= 0.6 is 15.9 Å². The number of carbonyl (C=O) groups excluding carboxylic acids is 1. The van der Waals surface area contributed by atoms with Crippen molar-refractivity contribution in [1.82, 2.24) is 4.90 Å². The van der Waals surface area contributed by atoms with Crippen molar-refractivity contribution in [3.8, 4) is 0 Å². The number of hydrogen-bond donors (Lipinski definition) is 1. The predicted octanol–water partition coefficient (Wildman–Crippen LogP) is 2.43. The molecule has 1 saturated heterocycles. The number of rotatable bonds is 2. The summed E-state index contributed by atoms with van der Waals surface area (Å²) in [7, 11) is 0. The van der Waals surface area contributed by atoms with E-state index < -0.39 is 24.2 Å². The van der Waals surface area contributed by atoms with Crippen LogP contribution in [0.2, 0.25) is 0 Å². The van der Waals surface area contributed by atoms with Crippen LogP contribution in [-0.2, 0) is 10.4 Å². The van der Waals surface area contributed by atoms with Crippen molar-refractivity contribution in [3.05, 3.63) is 34.3 Å². The van der Waals surface area contributed by atoms with E-state index in [2.05, 4.69) is 15.9 Å². The fraction of sp³-hybridized carbons (Fsp3) is 0.417. The second kappa shape index (κ2) is 4.79. The molecule has 1 atom stereocenters. The lowest BCUT2D eigenvalue weighted by Crippen LogP contribution is -2.41. The quantitative estimate of drug-likeness (QED) is 0.900. The van der Waals surface area contributed by atoms with Gasteiger partial charge in [0.1, 0.15) is 6.54 Å². The molecule has 19 heavy (non-hydrogen) atoms. The second-order valence-electron chi connectivity index (χ2n) is 4.46. The third kappa shape index (κ3) is 2.92. The molecule has 1 aliphatic rings. The Labute approximate surface area is 116 Å². The molecule has 1 fully saturated rings. The van der Waals surface area contributed by atoms with Crippen molar-refractivity contribution in [2.45, 2.75) is 18.2 Å². The van der Waals surface area contributed by atoms with Crippen molar-refractivity contribution < 1.29 is 23.1 Å². The molecule has 0 aliphatic carbocycles. The maximum atomic E-state index is 12.3. The normalized spacial score (nSPS) is 24.1. The van der Waals surface area contributed by atoms with Gasteiger partial charge in [0.2, 0.25) is 0 Å². The van der Waals surface area contributed by atoms with Crippen LogP contribution in [0.25, 0.3) is 0 Å². The Balaban J connectivity index is 2.25. The van der Waals surface area contributed by atoms with Gasteiger partial charge in [-0.2, -0.15) is 13.2 Å². The van der Waals surface area contributed by atoms with E-state index in [1.165, 1.54) is 12.1 Å². The van der Waals surface area contributed by atoms with Crippen molar-refractivity contribution >= 4 is 21.8 Å². The second-order valence-corrected chi connectivity index (χ2v) is 5.38. The van der Waals surface area contributed by atoms with E-state index in [1.54, 1.807) is 12.1 Å². The summed E-state index contributed by atoms with van der Waals surface area (Å²) in [6.07, 6.45) is -4.50. The van der Waals surface area contributed by atoms with Gasteiger partial charge in [-0.25, -0.2) is 0 Å².